The molecule has 108 valence electrons. The minimum atomic E-state index is 0.291. The lowest BCUT2D eigenvalue weighted by atomic mass is 10.1. The lowest BCUT2D eigenvalue weighted by Gasteiger charge is -2.01. The quantitative estimate of drug-likeness (QED) is 0.792. The molecule has 0 fully saturated rings. The van der Waals surface area contributed by atoms with E-state index in [0.717, 1.165) is 16.8 Å². The van der Waals surface area contributed by atoms with Crippen LogP contribution in [0.5, 0.6) is 5.88 Å². The average molecular weight is 285 g/mol. The smallest absolute Gasteiger partial charge is 0.261 e. The highest BCUT2D eigenvalue weighted by Crippen LogP contribution is 2.28. The van der Waals surface area contributed by atoms with Gasteiger partial charge in [0.05, 0.1) is 24.6 Å². The van der Waals surface area contributed by atoms with Gasteiger partial charge in [-0.05, 0) is 12.0 Å². The number of aromatic amines is 1. The van der Waals surface area contributed by atoms with E-state index in [1.54, 1.807) is 31.6 Å². The molecule has 0 amide bonds. The van der Waals surface area contributed by atoms with Crippen molar-refractivity contribution in [1.29, 1.82) is 0 Å². The molecule has 3 rings (SSSR count). The van der Waals surface area contributed by atoms with Gasteiger partial charge in [-0.25, -0.2) is 4.98 Å². The van der Waals surface area contributed by atoms with Gasteiger partial charge in [-0.15, -0.1) is 0 Å². The van der Waals surface area contributed by atoms with Gasteiger partial charge < -0.3 is 9.26 Å². The van der Waals surface area contributed by atoms with E-state index in [1.165, 1.54) is 0 Å². The Morgan fingerprint density at radius 3 is 2.95 bits per heavy atom. The van der Waals surface area contributed by atoms with E-state index in [0.29, 0.717) is 23.5 Å². The molecule has 0 aliphatic rings. The molecule has 0 radical (unpaired) electrons. The second kappa shape index (κ2) is 5.35. The van der Waals surface area contributed by atoms with E-state index >= 15 is 0 Å². The van der Waals surface area contributed by atoms with Crippen molar-refractivity contribution in [3.05, 3.63) is 30.2 Å². The van der Waals surface area contributed by atoms with Crippen molar-refractivity contribution in [2.45, 2.75) is 19.8 Å². The summed E-state index contributed by atoms with van der Waals surface area (Å²) in [6, 6.07) is 3.56. The van der Waals surface area contributed by atoms with Crippen LogP contribution in [0, 0.1) is 0 Å². The standard InChI is InChI=1S/C14H15N5O2/c1-8(2)12-10(7-16-18-12)14-17-13(19-21-14)9-4-5-15-11(6-9)20-3/h4-8H,1-3H3,(H,16,18). The summed E-state index contributed by atoms with van der Waals surface area (Å²) in [6.45, 7) is 4.14. The van der Waals surface area contributed by atoms with Gasteiger partial charge in [0.15, 0.2) is 0 Å². The summed E-state index contributed by atoms with van der Waals surface area (Å²) in [6.07, 6.45) is 3.33. The van der Waals surface area contributed by atoms with Crippen LogP contribution < -0.4 is 4.74 Å². The van der Waals surface area contributed by atoms with Gasteiger partial charge in [-0.1, -0.05) is 19.0 Å². The lowest BCUT2D eigenvalue weighted by Crippen LogP contribution is -1.91. The van der Waals surface area contributed by atoms with E-state index in [1.807, 2.05) is 0 Å². The topological polar surface area (TPSA) is 89.7 Å². The molecule has 3 aromatic rings. The highest BCUT2D eigenvalue weighted by atomic mass is 16.5. The van der Waals surface area contributed by atoms with Gasteiger partial charge in [0.2, 0.25) is 11.7 Å². The first-order chi connectivity index (χ1) is 10.2. The zero-order valence-electron chi connectivity index (χ0n) is 12.0. The maximum Gasteiger partial charge on any atom is 0.261 e. The summed E-state index contributed by atoms with van der Waals surface area (Å²) in [5, 5.41) is 11.0. The van der Waals surface area contributed by atoms with E-state index in [4.69, 9.17) is 9.26 Å². The predicted molar refractivity (Wildman–Crippen MR) is 75.8 cm³/mol. The first kappa shape index (κ1) is 13.3. The Morgan fingerprint density at radius 1 is 1.33 bits per heavy atom. The van der Waals surface area contributed by atoms with Gasteiger partial charge in [-0.2, -0.15) is 10.1 Å². The first-order valence-corrected chi connectivity index (χ1v) is 6.56. The third-order valence-corrected chi connectivity index (χ3v) is 3.10. The molecule has 0 aliphatic carbocycles. The highest BCUT2D eigenvalue weighted by Gasteiger charge is 2.17. The van der Waals surface area contributed by atoms with E-state index in [2.05, 4.69) is 39.2 Å². The van der Waals surface area contributed by atoms with Crippen LogP contribution in [-0.2, 0) is 0 Å². The fourth-order valence-corrected chi connectivity index (χ4v) is 2.02. The number of pyridine rings is 1. The van der Waals surface area contributed by atoms with Crippen LogP contribution in [0.2, 0.25) is 0 Å². The van der Waals surface area contributed by atoms with Crippen molar-refractivity contribution in [3.8, 4) is 28.7 Å². The molecule has 0 atom stereocenters. The summed E-state index contributed by atoms with van der Waals surface area (Å²) < 4.78 is 10.4. The number of nitrogens with one attached hydrogen (secondary N) is 1. The van der Waals surface area contributed by atoms with Crippen molar-refractivity contribution in [3.63, 3.8) is 0 Å². The van der Waals surface area contributed by atoms with Crippen molar-refractivity contribution in [1.82, 2.24) is 25.3 Å². The highest BCUT2D eigenvalue weighted by molar-refractivity contribution is 5.61. The molecule has 3 heterocycles. The predicted octanol–water partition coefficient (Wildman–Crippen LogP) is 2.65. The summed E-state index contributed by atoms with van der Waals surface area (Å²) in [5.74, 6) is 1.73. The zero-order valence-corrected chi connectivity index (χ0v) is 12.0. The number of aromatic nitrogens is 5. The van der Waals surface area contributed by atoms with Crippen molar-refractivity contribution < 1.29 is 9.26 Å². The number of rotatable bonds is 4. The van der Waals surface area contributed by atoms with Crippen molar-refractivity contribution in [2.24, 2.45) is 0 Å². The molecule has 0 saturated heterocycles. The molecule has 7 heteroatoms. The molecule has 21 heavy (non-hydrogen) atoms. The molecule has 0 saturated carbocycles. The molecular formula is C14H15N5O2. The van der Waals surface area contributed by atoms with E-state index in [9.17, 15) is 0 Å². The summed E-state index contributed by atoms with van der Waals surface area (Å²) >= 11 is 0. The number of hydrogen-bond acceptors (Lipinski definition) is 6. The van der Waals surface area contributed by atoms with Crippen molar-refractivity contribution >= 4 is 0 Å². The number of H-pyrrole nitrogens is 1. The Morgan fingerprint density at radius 2 is 2.19 bits per heavy atom. The monoisotopic (exact) mass is 285 g/mol. The third kappa shape index (κ3) is 2.49. The van der Waals surface area contributed by atoms with Gasteiger partial charge in [0.25, 0.3) is 5.89 Å². The second-order valence-corrected chi connectivity index (χ2v) is 4.86. The minimum absolute atomic E-state index is 0.291. The maximum absolute atomic E-state index is 5.35. The largest absolute Gasteiger partial charge is 0.481 e. The molecule has 0 aromatic carbocycles. The fourth-order valence-electron chi connectivity index (χ4n) is 2.02. The molecule has 0 spiro atoms. The first-order valence-electron chi connectivity index (χ1n) is 6.56. The van der Waals surface area contributed by atoms with Gasteiger partial charge in [0.1, 0.15) is 0 Å². The number of nitrogens with zero attached hydrogens (tertiary/aromatic N) is 4. The van der Waals surface area contributed by atoms with Crippen LogP contribution in [0.25, 0.3) is 22.8 Å². The molecule has 0 aliphatic heterocycles. The van der Waals surface area contributed by atoms with Gasteiger partial charge >= 0.3 is 0 Å². The van der Waals surface area contributed by atoms with Crippen molar-refractivity contribution in [2.75, 3.05) is 7.11 Å². The maximum atomic E-state index is 5.35. The zero-order chi connectivity index (χ0) is 14.8. The molecule has 0 bridgehead atoms. The molecule has 7 nitrogen and oxygen atoms in total. The Bertz CT molecular complexity index is 747. The Balaban J connectivity index is 1.98. The molecule has 0 unspecified atom stereocenters. The molecular weight excluding hydrogens is 270 g/mol. The third-order valence-electron chi connectivity index (χ3n) is 3.10. The second-order valence-electron chi connectivity index (χ2n) is 4.86. The number of hydrogen-bond donors (Lipinski definition) is 1. The van der Waals surface area contributed by atoms with Crippen LogP contribution in [-0.4, -0.2) is 32.4 Å². The van der Waals surface area contributed by atoms with E-state index < -0.39 is 0 Å². The van der Waals surface area contributed by atoms with E-state index in [-0.39, 0.29) is 0 Å². The van der Waals surface area contributed by atoms with Crippen LogP contribution in [0.1, 0.15) is 25.5 Å². The normalized spacial score (nSPS) is 11.0. The SMILES string of the molecule is COc1cc(-c2noc(-c3cn[nH]c3C(C)C)n2)ccn1. The summed E-state index contributed by atoms with van der Waals surface area (Å²) in [7, 11) is 1.56. The van der Waals surface area contributed by atoms with Crippen LogP contribution >= 0.6 is 0 Å². The lowest BCUT2D eigenvalue weighted by molar-refractivity contribution is 0.398. The Labute approximate surface area is 121 Å². The fraction of sp³-hybridized carbons (Fsp3) is 0.286. The molecule has 1 N–H and O–H groups in total. The summed E-state index contributed by atoms with van der Waals surface area (Å²) in [4.78, 5) is 8.47. The van der Waals surface area contributed by atoms with Gasteiger partial charge in [-0.3, -0.25) is 5.10 Å². The van der Waals surface area contributed by atoms with Crippen LogP contribution in [0.4, 0.5) is 0 Å². The number of methoxy groups -OCH3 is 1. The average Bonchev–Trinajstić information content (AvgIpc) is 3.15. The van der Waals surface area contributed by atoms with Crippen LogP contribution in [0.3, 0.4) is 0 Å². The Hall–Kier alpha value is -2.70. The van der Waals surface area contributed by atoms with Gasteiger partial charge in [0, 0.05) is 17.8 Å². The molecule has 3 aromatic heterocycles. The number of ether oxygens (including phenoxy) is 1. The summed E-state index contributed by atoms with van der Waals surface area (Å²) in [5.41, 5.74) is 2.58. The minimum Gasteiger partial charge on any atom is -0.481 e. The Kier molecular flexibility index (Phi) is 3.39. The van der Waals surface area contributed by atoms with Crippen LogP contribution in [0.15, 0.2) is 29.0 Å².